The standard InChI is InChI=1S/C11H13F2O4/c1-16-9-5-4-8(12)7-11(9,13)17-6-2-3-10(14)15/h4,7,9H,2-3,6H2,1H3,(H,14,15). The third-order valence-electron chi connectivity index (χ3n) is 2.16. The van der Waals surface area contributed by atoms with E-state index in [1.54, 1.807) is 0 Å². The number of rotatable bonds is 6. The Morgan fingerprint density at radius 3 is 3.00 bits per heavy atom. The van der Waals surface area contributed by atoms with Crippen molar-refractivity contribution in [2.24, 2.45) is 0 Å². The van der Waals surface area contributed by atoms with Gasteiger partial charge in [-0.05, 0) is 18.6 Å². The van der Waals surface area contributed by atoms with Crippen molar-refractivity contribution in [3.8, 4) is 0 Å². The van der Waals surface area contributed by atoms with Gasteiger partial charge < -0.3 is 14.6 Å². The van der Waals surface area contributed by atoms with Gasteiger partial charge in [-0.3, -0.25) is 4.79 Å². The van der Waals surface area contributed by atoms with E-state index < -0.39 is 23.8 Å². The van der Waals surface area contributed by atoms with E-state index in [0.29, 0.717) is 6.08 Å². The molecule has 0 aliphatic heterocycles. The van der Waals surface area contributed by atoms with Gasteiger partial charge in [0.15, 0.2) is 0 Å². The molecule has 1 rings (SSSR count). The first-order valence-corrected chi connectivity index (χ1v) is 5.03. The molecule has 1 N–H and O–H groups in total. The van der Waals surface area contributed by atoms with E-state index in [2.05, 4.69) is 6.08 Å². The summed E-state index contributed by atoms with van der Waals surface area (Å²) in [7, 11) is 1.25. The van der Waals surface area contributed by atoms with Crippen LogP contribution in [0.1, 0.15) is 12.8 Å². The number of hydrogen-bond donors (Lipinski definition) is 1. The molecule has 6 heteroatoms. The fourth-order valence-electron chi connectivity index (χ4n) is 1.37. The van der Waals surface area contributed by atoms with Crippen molar-refractivity contribution >= 4 is 5.97 Å². The van der Waals surface area contributed by atoms with Crippen LogP contribution in [0.2, 0.25) is 0 Å². The van der Waals surface area contributed by atoms with E-state index in [-0.39, 0.29) is 19.4 Å². The van der Waals surface area contributed by atoms with Crippen LogP contribution in [0.3, 0.4) is 0 Å². The lowest BCUT2D eigenvalue weighted by Gasteiger charge is -2.29. The number of ether oxygens (including phenoxy) is 2. The van der Waals surface area contributed by atoms with Crippen LogP contribution in [0.15, 0.2) is 18.0 Å². The molecular formula is C11H13F2O4. The zero-order valence-electron chi connectivity index (χ0n) is 9.28. The van der Waals surface area contributed by atoms with Crippen molar-refractivity contribution < 1.29 is 28.2 Å². The van der Waals surface area contributed by atoms with E-state index in [9.17, 15) is 13.6 Å². The third kappa shape index (κ3) is 3.90. The summed E-state index contributed by atoms with van der Waals surface area (Å²) in [5.74, 6) is -4.24. The summed E-state index contributed by atoms with van der Waals surface area (Å²) in [5.41, 5.74) is 0. The highest BCUT2D eigenvalue weighted by atomic mass is 19.2. The Balaban J connectivity index is 2.53. The summed E-state index contributed by atoms with van der Waals surface area (Å²) >= 11 is 0. The molecule has 1 radical (unpaired) electrons. The lowest BCUT2D eigenvalue weighted by molar-refractivity contribution is -0.173. The molecule has 4 nitrogen and oxygen atoms in total. The average Bonchev–Trinajstić information content (AvgIpc) is 2.24. The summed E-state index contributed by atoms with van der Waals surface area (Å²) in [6.45, 7) is -0.145. The van der Waals surface area contributed by atoms with Crippen LogP contribution in [-0.2, 0) is 14.3 Å². The van der Waals surface area contributed by atoms with E-state index in [4.69, 9.17) is 14.6 Å². The number of methoxy groups -OCH3 is 1. The van der Waals surface area contributed by atoms with E-state index in [0.717, 1.165) is 6.08 Å². The molecule has 2 unspecified atom stereocenters. The number of carboxylic acid groups (broad SMARTS) is 1. The Bertz CT molecular complexity index is 340. The zero-order chi connectivity index (χ0) is 12.9. The Labute approximate surface area is 97.5 Å². The topological polar surface area (TPSA) is 55.8 Å². The van der Waals surface area contributed by atoms with Crippen molar-refractivity contribution in [2.45, 2.75) is 24.8 Å². The Morgan fingerprint density at radius 1 is 1.71 bits per heavy atom. The van der Waals surface area contributed by atoms with Crippen LogP contribution in [0.25, 0.3) is 0 Å². The average molecular weight is 247 g/mol. The van der Waals surface area contributed by atoms with Crippen LogP contribution in [0.4, 0.5) is 8.78 Å². The highest BCUT2D eigenvalue weighted by molar-refractivity contribution is 5.66. The predicted octanol–water partition coefficient (Wildman–Crippen LogP) is 1.77. The second-order valence-corrected chi connectivity index (χ2v) is 3.50. The normalized spacial score (nSPS) is 27.9. The molecule has 0 spiro atoms. The van der Waals surface area contributed by atoms with Gasteiger partial charge in [0, 0.05) is 19.6 Å². The number of hydrogen-bond acceptors (Lipinski definition) is 3. The highest BCUT2D eigenvalue weighted by Gasteiger charge is 2.40. The molecule has 0 fully saturated rings. The predicted molar refractivity (Wildman–Crippen MR) is 54.5 cm³/mol. The maximum absolute atomic E-state index is 14.1. The first-order valence-electron chi connectivity index (χ1n) is 5.03. The molecule has 2 atom stereocenters. The molecule has 0 aromatic carbocycles. The molecule has 1 aliphatic carbocycles. The van der Waals surface area contributed by atoms with Crippen molar-refractivity contribution in [2.75, 3.05) is 13.7 Å². The van der Waals surface area contributed by atoms with Gasteiger partial charge in [-0.25, -0.2) is 8.78 Å². The Hall–Kier alpha value is -1.27. The summed E-state index contributed by atoms with van der Waals surface area (Å²) in [5, 5.41) is 8.39. The first-order chi connectivity index (χ1) is 7.98. The SMILES string of the molecule is COC1[C]=CC(F)=CC1(F)OCCCC(=O)O. The van der Waals surface area contributed by atoms with E-state index >= 15 is 0 Å². The largest absolute Gasteiger partial charge is 0.481 e. The van der Waals surface area contributed by atoms with Crippen LogP contribution in [0, 0.1) is 6.08 Å². The summed E-state index contributed by atoms with van der Waals surface area (Å²) in [4.78, 5) is 10.2. The van der Waals surface area contributed by atoms with Crippen LogP contribution in [-0.4, -0.2) is 36.8 Å². The quantitative estimate of drug-likeness (QED) is 0.727. The van der Waals surface area contributed by atoms with E-state index in [1.807, 2.05) is 0 Å². The molecule has 0 saturated heterocycles. The number of halogens is 2. The summed E-state index contributed by atoms with van der Waals surface area (Å²) < 4.78 is 36.6. The second kappa shape index (κ2) is 5.88. The van der Waals surface area contributed by atoms with Crippen LogP contribution < -0.4 is 0 Å². The molecule has 0 amide bonds. The highest BCUT2D eigenvalue weighted by Crippen LogP contribution is 2.29. The maximum Gasteiger partial charge on any atom is 0.303 e. The minimum absolute atomic E-state index is 0.136. The van der Waals surface area contributed by atoms with Gasteiger partial charge in [-0.1, -0.05) is 0 Å². The van der Waals surface area contributed by atoms with E-state index in [1.165, 1.54) is 7.11 Å². The minimum atomic E-state index is -2.44. The summed E-state index contributed by atoms with van der Waals surface area (Å²) in [6.07, 6.45) is 2.80. The molecule has 95 valence electrons. The first kappa shape index (κ1) is 13.8. The number of carbonyl (C=O) groups is 1. The van der Waals surface area contributed by atoms with Gasteiger partial charge in [0.05, 0.1) is 6.61 Å². The van der Waals surface area contributed by atoms with Gasteiger partial charge in [-0.15, -0.1) is 0 Å². The molecule has 17 heavy (non-hydrogen) atoms. The van der Waals surface area contributed by atoms with Gasteiger partial charge >= 0.3 is 5.97 Å². The second-order valence-electron chi connectivity index (χ2n) is 3.50. The minimum Gasteiger partial charge on any atom is -0.481 e. The van der Waals surface area contributed by atoms with Crippen LogP contribution >= 0.6 is 0 Å². The van der Waals surface area contributed by atoms with Crippen molar-refractivity contribution in [1.29, 1.82) is 0 Å². The molecule has 0 bridgehead atoms. The number of aliphatic carboxylic acids is 1. The maximum atomic E-state index is 14.1. The summed E-state index contributed by atoms with van der Waals surface area (Å²) in [6, 6.07) is 0. The zero-order valence-corrected chi connectivity index (χ0v) is 9.28. The smallest absolute Gasteiger partial charge is 0.303 e. The molecule has 0 aromatic heterocycles. The van der Waals surface area contributed by atoms with Gasteiger partial charge in [0.1, 0.15) is 11.9 Å². The van der Waals surface area contributed by atoms with Crippen LogP contribution in [0.5, 0.6) is 0 Å². The lowest BCUT2D eigenvalue weighted by atomic mass is 10.1. The molecule has 0 heterocycles. The number of carboxylic acids is 1. The number of allylic oxidation sites excluding steroid dienone is 2. The fourth-order valence-corrected chi connectivity index (χ4v) is 1.37. The van der Waals surface area contributed by atoms with Crippen molar-refractivity contribution in [3.63, 3.8) is 0 Å². The lowest BCUT2D eigenvalue weighted by Crippen LogP contribution is -2.41. The van der Waals surface area contributed by atoms with Gasteiger partial charge in [0.25, 0.3) is 5.85 Å². The third-order valence-corrected chi connectivity index (χ3v) is 2.16. The molecule has 0 aromatic rings. The molecule has 1 aliphatic rings. The van der Waals surface area contributed by atoms with Gasteiger partial charge in [-0.2, -0.15) is 0 Å². The molecular weight excluding hydrogens is 234 g/mol. The number of alkyl halides is 1. The Morgan fingerprint density at radius 2 is 2.41 bits per heavy atom. The van der Waals surface area contributed by atoms with Crippen molar-refractivity contribution in [1.82, 2.24) is 0 Å². The Kier molecular flexibility index (Phi) is 4.77. The van der Waals surface area contributed by atoms with Crippen molar-refractivity contribution in [3.05, 3.63) is 24.1 Å². The molecule has 0 saturated carbocycles. The monoisotopic (exact) mass is 247 g/mol. The van der Waals surface area contributed by atoms with Gasteiger partial charge in [0.2, 0.25) is 0 Å². The fraction of sp³-hybridized carbons (Fsp3) is 0.545.